The van der Waals surface area contributed by atoms with Crippen molar-refractivity contribution in [3.05, 3.63) is 58.6 Å². The van der Waals surface area contributed by atoms with Gasteiger partial charge in [0.2, 0.25) is 11.8 Å². The Bertz CT molecular complexity index is 1080. The summed E-state index contributed by atoms with van der Waals surface area (Å²) in [5.74, 6) is -1.17. The van der Waals surface area contributed by atoms with Crippen molar-refractivity contribution >= 4 is 52.2 Å². The Morgan fingerprint density at radius 3 is 2.74 bits per heavy atom. The van der Waals surface area contributed by atoms with Gasteiger partial charge in [0.05, 0.1) is 22.5 Å². The van der Waals surface area contributed by atoms with Crippen LogP contribution in [0.25, 0.3) is 0 Å². The predicted octanol–water partition coefficient (Wildman–Crippen LogP) is 4.01. The van der Waals surface area contributed by atoms with Gasteiger partial charge in [-0.1, -0.05) is 35.5 Å². The van der Waals surface area contributed by atoms with E-state index in [9.17, 15) is 27.9 Å². The number of aromatic hydroxyl groups is 1. The monoisotopic (exact) mass is 470 g/mol. The van der Waals surface area contributed by atoms with Crippen molar-refractivity contribution in [1.82, 2.24) is 5.32 Å². The highest BCUT2D eigenvalue weighted by Crippen LogP contribution is 2.34. The van der Waals surface area contributed by atoms with Crippen LogP contribution in [0, 0.1) is 0 Å². The van der Waals surface area contributed by atoms with Crippen LogP contribution in [0.1, 0.15) is 17.5 Å². The fraction of sp³-hybridized carbons (Fsp3) is 0.158. The number of amides is 2. The van der Waals surface area contributed by atoms with Crippen molar-refractivity contribution < 1.29 is 27.9 Å². The summed E-state index contributed by atoms with van der Waals surface area (Å²) in [6.45, 7) is 0. The number of benzene rings is 2. The zero-order chi connectivity index (χ0) is 22.6. The normalized spacial score (nSPS) is 17.9. The van der Waals surface area contributed by atoms with E-state index in [0.717, 1.165) is 30.0 Å². The van der Waals surface area contributed by atoms with E-state index in [4.69, 9.17) is 11.6 Å². The van der Waals surface area contributed by atoms with Gasteiger partial charge in [0.25, 0.3) is 0 Å². The van der Waals surface area contributed by atoms with Crippen molar-refractivity contribution in [3.8, 4) is 5.75 Å². The number of rotatable bonds is 5. The number of phenolic OH excluding ortho intramolecular Hbond substituents is 1. The number of thioether (sulfide) groups is 1. The molecule has 1 aliphatic rings. The smallest absolute Gasteiger partial charge is 0.416 e. The van der Waals surface area contributed by atoms with Gasteiger partial charge in [0, 0.05) is 12.0 Å². The molecule has 1 heterocycles. The number of para-hydroxylation sites is 1. The number of halogens is 4. The third-order valence-corrected chi connectivity index (χ3v) is 5.40. The highest BCUT2D eigenvalue weighted by atomic mass is 35.5. The average Bonchev–Trinajstić information content (AvgIpc) is 3.03. The number of anilines is 1. The van der Waals surface area contributed by atoms with E-state index in [0.29, 0.717) is 5.56 Å². The summed E-state index contributed by atoms with van der Waals surface area (Å²) >= 11 is 6.81. The van der Waals surface area contributed by atoms with Crippen LogP contribution in [0.2, 0.25) is 5.02 Å². The van der Waals surface area contributed by atoms with E-state index in [-0.39, 0.29) is 28.0 Å². The molecule has 0 saturated carbocycles. The van der Waals surface area contributed by atoms with Crippen LogP contribution >= 0.6 is 23.4 Å². The molecule has 3 rings (SSSR count). The molecular weight excluding hydrogens is 457 g/mol. The summed E-state index contributed by atoms with van der Waals surface area (Å²) < 4.78 is 38.5. The second-order valence-electron chi connectivity index (χ2n) is 6.25. The zero-order valence-corrected chi connectivity index (χ0v) is 17.1. The van der Waals surface area contributed by atoms with Gasteiger partial charge in [-0.25, -0.2) is 0 Å². The van der Waals surface area contributed by atoms with Crippen LogP contribution in [-0.4, -0.2) is 33.6 Å². The minimum Gasteiger partial charge on any atom is -0.507 e. The third kappa shape index (κ3) is 5.98. The number of amidine groups is 1. The van der Waals surface area contributed by atoms with E-state index in [1.807, 2.05) is 0 Å². The van der Waals surface area contributed by atoms with Gasteiger partial charge >= 0.3 is 6.18 Å². The third-order valence-electron chi connectivity index (χ3n) is 4.00. The van der Waals surface area contributed by atoms with Gasteiger partial charge in [-0.05, 0) is 30.3 Å². The Morgan fingerprint density at radius 1 is 1.29 bits per heavy atom. The minimum absolute atomic E-state index is 0.0114. The molecule has 1 saturated heterocycles. The number of carbonyl (C=O) groups excluding carboxylic acids is 2. The summed E-state index contributed by atoms with van der Waals surface area (Å²) in [4.78, 5) is 24.3. The number of nitrogens with zero attached hydrogens (tertiary/aromatic N) is 2. The van der Waals surface area contributed by atoms with E-state index >= 15 is 0 Å². The molecule has 31 heavy (non-hydrogen) atoms. The van der Waals surface area contributed by atoms with Crippen LogP contribution in [-0.2, 0) is 15.8 Å². The zero-order valence-electron chi connectivity index (χ0n) is 15.5. The Kier molecular flexibility index (Phi) is 6.86. The maximum atomic E-state index is 12.8. The first-order chi connectivity index (χ1) is 14.6. The molecule has 0 spiro atoms. The van der Waals surface area contributed by atoms with Gasteiger partial charge in [0.1, 0.15) is 11.0 Å². The second kappa shape index (κ2) is 9.40. The summed E-state index contributed by atoms with van der Waals surface area (Å²) in [6.07, 6.45) is -3.61. The molecule has 2 aromatic rings. The highest BCUT2D eigenvalue weighted by Gasteiger charge is 2.33. The topological polar surface area (TPSA) is 103 Å². The number of hydrogen-bond donors (Lipinski definition) is 3. The molecule has 0 unspecified atom stereocenters. The first-order valence-corrected chi connectivity index (χ1v) is 9.92. The Morgan fingerprint density at radius 2 is 2.03 bits per heavy atom. The lowest BCUT2D eigenvalue weighted by atomic mass is 10.2. The number of alkyl halides is 3. The first-order valence-electron chi connectivity index (χ1n) is 8.66. The van der Waals surface area contributed by atoms with Gasteiger partial charge < -0.3 is 15.7 Å². The number of nitrogens with one attached hydrogen (secondary N) is 2. The predicted molar refractivity (Wildman–Crippen MR) is 112 cm³/mol. The molecule has 7 nitrogen and oxygen atoms in total. The lowest BCUT2D eigenvalue weighted by Gasteiger charge is -2.12. The summed E-state index contributed by atoms with van der Waals surface area (Å²) in [6, 6.07) is 9.00. The summed E-state index contributed by atoms with van der Waals surface area (Å²) in [5.41, 5.74) is -0.738. The molecule has 0 aliphatic carbocycles. The second-order valence-corrected chi connectivity index (χ2v) is 7.85. The fourth-order valence-electron chi connectivity index (χ4n) is 2.49. The van der Waals surface area contributed by atoms with Crippen molar-refractivity contribution in [3.63, 3.8) is 0 Å². The van der Waals surface area contributed by atoms with Gasteiger partial charge in [-0.15, -0.1) is 5.10 Å². The van der Waals surface area contributed by atoms with E-state index in [2.05, 4.69) is 20.8 Å². The van der Waals surface area contributed by atoms with Crippen LogP contribution in [0.15, 0.2) is 52.7 Å². The Hall–Kier alpha value is -3.05. The average molecular weight is 471 g/mol. The summed E-state index contributed by atoms with van der Waals surface area (Å²) in [7, 11) is 0. The molecule has 0 bridgehead atoms. The van der Waals surface area contributed by atoms with E-state index in [1.54, 1.807) is 18.2 Å². The van der Waals surface area contributed by atoms with E-state index in [1.165, 1.54) is 12.3 Å². The Labute approximate surface area is 183 Å². The first kappa shape index (κ1) is 22.6. The molecule has 0 aromatic heterocycles. The SMILES string of the molecule is O=C(C[C@H]1S/C(=N/N=C/c2ccccc2O)NC1=O)Nc1cc(C(F)(F)F)ccc1Cl. The molecule has 1 fully saturated rings. The number of hydrogen-bond acceptors (Lipinski definition) is 6. The van der Waals surface area contributed by atoms with Crippen molar-refractivity contribution in [1.29, 1.82) is 0 Å². The van der Waals surface area contributed by atoms with Crippen molar-refractivity contribution in [2.45, 2.75) is 17.8 Å². The lowest BCUT2D eigenvalue weighted by molar-refractivity contribution is -0.137. The molecule has 12 heteroatoms. The quantitative estimate of drug-likeness (QED) is 0.453. The molecule has 2 amide bonds. The maximum absolute atomic E-state index is 12.8. The van der Waals surface area contributed by atoms with Gasteiger partial charge in [0.15, 0.2) is 5.17 Å². The van der Waals surface area contributed by atoms with Crippen LogP contribution in [0.4, 0.5) is 18.9 Å². The number of phenols is 1. The highest BCUT2D eigenvalue weighted by molar-refractivity contribution is 8.15. The molecule has 0 radical (unpaired) electrons. The summed E-state index contributed by atoms with van der Waals surface area (Å²) in [5, 5.41) is 21.3. The van der Waals surface area contributed by atoms with Crippen molar-refractivity contribution in [2.24, 2.45) is 10.2 Å². The molecular formula is C19H14ClF3N4O3S. The molecule has 3 N–H and O–H groups in total. The maximum Gasteiger partial charge on any atom is 0.416 e. The largest absolute Gasteiger partial charge is 0.507 e. The molecule has 2 aromatic carbocycles. The number of carbonyl (C=O) groups is 2. The van der Waals surface area contributed by atoms with Crippen LogP contribution < -0.4 is 10.6 Å². The van der Waals surface area contributed by atoms with Crippen LogP contribution in [0.3, 0.4) is 0 Å². The molecule has 1 aliphatic heterocycles. The standard InChI is InChI=1S/C19H14ClF3N4O3S/c20-12-6-5-11(19(21,22)23)7-13(12)25-16(29)8-15-17(30)26-18(31-15)27-24-9-10-3-1-2-4-14(10)28/h1-7,9,15,28H,8H2,(H,25,29)(H,26,27,30)/b24-9+/t15-/m1/s1. The molecule has 162 valence electrons. The lowest BCUT2D eigenvalue weighted by Crippen LogP contribution is -2.28. The fourth-order valence-corrected chi connectivity index (χ4v) is 3.58. The van der Waals surface area contributed by atoms with Gasteiger partial charge in [-0.3, -0.25) is 9.59 Å². The molecule has 1 atom stereocenters. The van der Waals surface area contributed by atoms with Crippen LogP contribution in [0.5, 0.6) is 5.75 Å². The minimum atomic E-state index is -4.59. The van der Waals surface area contributed by atoms with Crippen molar-refractivity contribution in [2.75, 3.05) is 5.32 Å². The van der Waals surface area contributed by atoms with Gasteiger partial charge in [-0.2, -0.15) is 18.3 Å². The Balaban J connectivity index is 1.61. The van der Waals surface area contributed by atoms with E-state index < -0.39 is 28.8 Å².